The fourth-order valence-electron chi connectivity index (χ4n) is 3.76. The van der Waals surface area contributed by atoms with E-state index in [0.29, 0.717) is 27.7 Å². The van der Waals surface area contributed by atoms with Crippen LogP contribution in [-0.4, -0.2) is 76.4 Å². The van der Waals surface area contributed by atoms with Gasteiger partial charge in [0.05, 0.1) is 17.6 Å². The van der Waals surface area contributed by atoms with E-state index < -0.39 is 10.9 Å². The third kappa shape index (κ3) is 5.78. The first kappa shape index (κ1) is 25.5. The van der Waals surface area contributed by atoms with Gasteiger partial charge in [-0.3, -0.25) is 15.2 Å². The van der Waals surface area contributed by atoms with Crippen LogP contribution < -0.4 is 9.64 Å². The van der Waals surface area contributed by atoms with Gasteiger partial charge in [-0.2, -0.15) is 0 Å². The number of non-ortho nitro benzene ring substituents is 1. The lowest BCUT2D eigenvalue weighted by molar-refractivity contribution is -0.384. The Morgan fingerprint density at radius 1 is 1.25 bits per heavy atom. The molecule has 2 N–H and O–H groups in total. The summed E-state index contributed by atoms with van der Waals surface area (Å²) >= 11 is 6.94. The van der Waals surface area contributed by atoms with Crippen molar-refractivity contribution in [3.8, 4) is 17.1 Å². The second-order valence-electron chi connectivity index (χ2n) is 8.02. The molecule has 0 radical (unpaired) electrons. The standard InChI is InChI=1S/C23H23ClN6O5S/c1-28-7-9-29(10-8-28)18-5-4-16(30(33)34)11-14(18)12-20(22(31)32)36-23-25-21(26-27-23)17-13-15(24)3-6-19(17)35-2/h3-6,11-13H,7-10H2,1-2H3,(H,31,32)(H,25,26,27)/b20-12+. The van der Waals surface area contributed by atoms with Crippen LogP contribution in [0.5, 0.6) is 5.75 Å². The molecule has 1 aliphatic heterocycles. The number of nitrogens with zero attached hydrogens (tertiary/aromatic N) is 5. The Morgan fingerprint density at radius 2 is 2.00 bits per heavy atom. The fourth-order valence-corrected chi connectivity index (χ4v) is 4.63. The number of aromatic amines is 1. The number of nitro benzene ring substituents is 1. The number of methoxy groups -OCH3 is 1. The number of aliphatic carboxylic acids is 1. The average molecular weight is 531 g/mol. The number of ether oxygens (including phenoxy) is 1. The number of aromatic nitrogens is 3. The number of carbonyl (C=O) groups is 1. The monoisotopic (exact) mass is 530 g/mol. The summed E-state index contributed by atoms with van der Waals surface area (Å²) in [6, 6.07) is 9.51. The third-order valence-electron chi connectivity index (χ3n) is 5.65. The topological polar surface area (TPSA) is 138 Å². The highest BCUT2D eigenvalue weighted by atomic mass is 35.5. The molecular formula is C23H23ClN6O5S. The molecule has 188 valence electrons. The second-order valence-corrected chi connectivity index (χ2v) is 9.46. The summed E-state index contributed by atoms with van der Waals surface area (Å²) in [5.41, 5.74) is 1.61. The Labute approximate surface area is 215 Å². The average Bonchev–Trinajstić information content (AvgIpc) is 3.32. The molecule has 0 atom stereocenters. The summed E-state index contributed by atoms with van der Waals surface area (Å²) in [6.45, 7) is 3.09. The fraction of sp³-hybridized carbons (Fsp3) is 0.261. The van der Waals surface area contributed by atoms with Crippen LogP contribution in [0.4, 0.5) is 11.4 Å². The van der Waals surface area contributed by atoms with Crippen LogP contribution >= 0.6 is 23.4 Å². The number of anilines is 1. The Hall–Kier alpha value is -3.61. The molecule has 2 aromatic carbocycles. The van der Waals surface area contributed by atoms with Crippen molar-refractivity contribution in [2.75, 3.05) is 45.2 Å². The van der Waals surface area contributed by atoms with E-state index in [1.54, 1.807) is 24.3 Å². The number of rotatable bonds is 8. The number of benzene rings is 2. The number of hydrogen-bond acceptors (Lipinski definition) is 9. The van der Waals surface area contributed by atoms with Gasteiger partial charge in [0, 0.05) is 54.6 Å². The van der Waals surface area contributed by atoms with E-state index in [0.717, 1.165) is 43.6 Å². The maximum Gasteiger partial charge on any atom is 0.342 e. The second kappa shape index (κ2) is 11.0. The predicted molar refractivity (Wildman–Crippen MR) is 138 cm³/mol. The number of H-pyrrole nitrogens is 1. The summed E-state index contributed by atoms with van der Waals surface area (Å²) in [6.07, 6.45) is 1.42. The summed E-state index contributed by atoms with van der Waals surface area (Å²) in [5.74, 6) is -0.327. The molecule has 0 bridgehead atoms. The predicted octanol–water partition coefficient (Wildman–Crippen LogP) is 4.01. The molecule has 4 rings (SSSR count). The van der Waals surface area contributed by atoms with Gasteiger partial charge >= 0.3 is 5.97 Å². The van der Waals surface area contributed by atoms with Crippen molar-refractivity contribution >= 4 is 46.8 Å². The Kier molecular flexibility index (Phi) is 7.77. The molecule has 1 aromatic heterocycles. The molecule has 0 unspecified atom stereocenters. The van der Waals surface area contributed by atoms with E-state index in [2.05, 4.69) is 25.0 Å². The maximum absolute atomic E-state index is 12.1. The normalized spacial score (nSPS) is 14.6. The van der Waals surface area contributed by atoms with E-state index in [1.165, 1.54) is 25.3 Å². The van der Waals surface area contributed by atoms with Crippen molar-refractivity contribution in [2.24, 2.45) is 0 Å². The van der Waals surface area contributed by atoms with Crippen molar-refractivity contribution in [3.05, 3.63) is 62.0 Å². The quantitative estimate of drug-likeness (QED) is 0.190. The van der Waals surface area contributed by atoms with Crippen LogP contribution in [0, 0.1) is 10.1 Å². The zero-order valence-corrected chi connectivity index (χ0v) is 21.0. The lowest BCUT2D eigenvalue weighted by Crippen LogP contribution is -2.44. The molecule has 0 spiro atoms. The zero-order chi connectivity index (χ0) is 25.8. The van der Waals surface area contributed by atoms with Crippen molar-refractivity contribution in [1.82, 2.24) is 20.1 Å². The van der Waals surface area contributed by atoms with E-state index in [9.17, 15) is 20.0 Å². The molecule has 3 aromatic rings. The Morgan fingerprint density at radius 3 is 2.67 bits per heavy atom. The van der Waals surface area contributed by atoms with Crippen molar-refractivity contribution in [3.63, 3.8) is 0 Å². The molecule has 0 saturated carbocycles. The van der Waals surface area contributed by atoms with Crippen LogP contribution in [0.1, 0.15) is 5.56 Å². The Bertz CT molecular complexity index is 1320. The highest BCUT2D eigenvalue weighted by Crippen LogP contribution is 2.35. The molecule has 2 heterocycles. The summed E-state index contributed by atoms with van der Waals surface area (Å²) in [5, 5.41) is 28.9. The third-order valence-corrected chi connectivity index (χ3v) is 6.76. The van der Waals surface area contributed by atoms with Gasteiger partial charge in [0.25, 0.3) is 5.69 Å². The lowest BCUT2D eigenvalue weighted by Gasteiger charge is -2.34. The van der Waals surface area contributed by atoms with Gasteiger partial charge in [-0.25, -0.2) is 9.78 Å². The molecule has 36 heavy (non-hydrogen) atoms. The lowest BCUT2D eigenvalue weighted by atomic mass is 10.1. The minimum Gasteiger partial charge on any atom is -0.496 e. The summed E-state index contributed by atoms with van der Waals surface area (Å²) < 4.78 is 5.35. The molecule has 1 aliphatic rings. The minimum absolute atomic E-state index is 0.0884. The van der Waals surface area contributed by atoms with Gasteiger partial charge in [0.2, 0.25) is 5.16 Å². The molecule has 11 nitrogen and oxygen atoms in total. The molecule has 1 fully saturated rings. The first-order valence-electron chi connectivity index (χ1n) is 10.9. The van der Waals surface area contributed by atoms with Gasteiger partial charge in [-0.1, -0.05) is 11.6 Å². The van der Waals surface area contributed by atoms with Crippen molar-refractivity contribution in [1.29, 1.82) is 0 Å². The maximum atomic E-state index is 12.1. The van der Waals surface area contributed by atoms with E-state index in [4.69, 9.17) is 16.3 Å². The first-order chi connectivity index (χ1) is 17.2. The number of nitro groups is 1. The number of piperazine rings is 1. The highest BCUT2D eigenvalue weighted by molar-refractivity contribution is 8.04. The van der Waals surface area contributed by atoms with Crippen LogP contribution in [-0.2, 0) is 4.79 Å². The van der Waals surface area contributed by atoms with Crippen LogP contribution in [0.15, 0.2) is 46.5 Å². The van der Waals surface area contributed by atoms with Crippen molar-refractivity contribution in [2.45, 2.75) is 5.16 Å². The number of likely N-dealkylation sites (N-methyl/N-ethyl adjacent to an activating group) is 1. The van der Waals surface area contributed by atoms with Gasteiger partial charge < -0.3 is 19.6 Å². The summed E-state index contributed by atoms with van der Waals surface area (Å²) in [4.78, 5) is 31.6. The zero-order valence-electron chi connectivity index (χ0n) is 19.5. The molecule has 13 heteroatoms. The van der Waals surface area contributed by atoms with Gasteiger partial charge in [-0.05, 0) is 49.2 Å². The number of thioether (sulfide) groups is 1. The van der Waals surface area contributed by atoms with Crippen LogP contribution in [0.2, 0.25) is 5.02 Å². The van der Waals surface area contributed by atoms with Crippen LogP contribution in [0.25, 0.3) is 17.5 Å². The molecule has 0 amide bonds. The largest absolute Gasteiger partial charge is 0.496 e. The smallest absolute Gasteiger partial charge is 0.342 e. The molecular weight excluding hydrogens is 508 g/mol. The first-order valence-corrected chi connectivity index (χ1v) is 12.1. The SMILES string of the molecule is COc1ccc(Cl)cc1-c1nc(S/C(=C/c2cc([N+](=O)[O-])ccc2N2CCN(C)CC2)C(=O)O)n[nH]1. The number of hydrogen-bond donors (Lipinski definition) is 2. The number of halogens is 1. The molecule has 0 aliphatic carbocycles. The van der Waals surface area contributed by atoms with E-state index in [-0.39, 0.29) is 15.7 Å². The number of nitrogens with one attached hydrogen (secondary N) is 1. The minimum atomic E-state index is -1.21. The van der Waals surface area contributed by atoms with E-state index in [1.807, 2.05) is 7.05 Å². The number of carboxylic acids is 1. The van der Waals surface area contributed by atoms with Crippen molar-refractivity contribution < 1.29 is 19.6 Å². The van der Waals surface area contributed by atoms with E-state index >= 15 is 0 Å². The van der Waals surface area contributed by atoms with Crippen LogP contribution in [0.3, 0.4) is 0 Å². The van der Waals surface area contributed by atoms with Gasteiger partial charge in [0.1, 0.15) is 10.7 Å². The Balaban J connectivity index is 1.68. The summed E-state index contributed by atoms with van der Waals surface area (Å²) in [7, 11) is 3.54. The highest BCUT2D eigenvalue weighted by Gasteiger charge is 2.21. The number of carboxylic acid groups (broad SMARTS) is 1. The van der Waals surface area contributed by atoms with Gasteiger partial charge in [0.15, 0.2) is 5.82 Å². The van der Waals surface area contributed by atoms with Gasteiger partial charge in [-0.15, -0.1) is 5.10 Å². The molecule has 1 saturated heterocycles.